The van der Waals surface area contributed by atoms with E-state index in [1.165, 1.54) is 22.3 Å². The van der Waals surface area contributed by atoms with Crippen LogP contribution in [0.25, 0.3) is 0 Å². The highest BCUT2D eigenvalue weighted by Gasteiger charge is 2.13. The van der Waals surface area contributed by atoms with E-state index in [-0.39, 0.29) is 0 Å². The fraction of sp³-hybridized carbons (Fsp3) is 0.333. The third-order valence-electron chi connectivity index (χ3n) is 5.08. The number of nitrogens with one attached hydrogen (secondary N) is 2. The monoisotopic (exact) mass is 406 g/mol. The summed E-state index contributed by atoms with van der Waals surface area (Å²) in [5, 5.41) is 6.74. The molecule has 1 aromatic rings. The first kappa shape index (κ1) is 21.3. The molecule has 0 aromatic heterocycles. The first-order valence-corrected chi connectivity index (χ1v) is 10.5. The highest BCUT2D eigenvalue weighted by Crippen LogP contribution is 2.23. The van der Waals surface area contributed by atoms with Crippen LogP contribution in [-0.4, -0.2) is 25.5 Å². The summed E-state index contributed by atoms with van der Waals surface area (Å²) in [5.41, 5.74) is 8.06. The topological polar surface area (TPSA) is 48.8 Å². The third-order valence-corrected chi connectivity index (χ3v) is 5.52. The molecule has 3 rings (SSSR count). The molecule has 5 heteroatoms. The molecule has 0 bridgehead atoms. The minimum absolute atomic E-state index is 0.580. The predicted molar refractivity (Wildman–Crippen MR) is 128 cm³/mol. The molecule has 2 N–H and O–H groups in total. The van der Waals surface area contributed by atoms with E-state index in [0.717, 1.165) is 47.9 Å². The number of rotatable bonds is 6. The van der Waals surface area contributed by atoms with Gasteiger partial charge in [-0.25, -0.2) is 0 Å². The first-order chi connectivity index (χ1) is 14.1. The zero-order valence-corrected chi connectivity index (χ0v) is 18.4. The number of allylic oxidation sites excluding steroid dienone is 7. The van der Waals surface area contributed by atoms with Crippen molar-refractivity contribution in [2.75, 3.05) is 13.6 Å². The van der Waals surface area contributed by atoms with Crippen LogP contribution in [0.1, 0.15) is 37.8 Å². The lowest BCUT2D eigenvalue weighted by atomic mass is 9.94. The Morgan fingerprint density at radius 2 is 1.79 bits per heavy atom. The molecule has 0 fully saturated rings. The van der Waals surface area contributed by atoms with Crippen LogP contribution >= 0.6 is 12.6 Å². The first-order valence-electron chi connectivity index (χ1n) is 10.1. The maximum Gasteiger partial charge on any atom is 0.0787 e. The maximum atomic E-state index is 4.90. The van der Waals surface area contributed by atoms with Gasteiger partial charge in [0.25, 0.3) is 0 Å². The average Bonchev–Trinajstić information content (AvgIpc) is 2.78. The molecular weight excluding hydrogens is 376 g/mol. The van der Waals surface area contributed by atoms with Gasteiger partial charge in [0.1, 0.15) is 0 Å². The summed E-state index contributed by atoms with van der Waals surface area (Å²) >= 11 is 4.56. The molecule has 0 unspecified atom stereocenters. The van der Waals surface area contributed by atoms with Crippen molar-refractivity contribution in [1.29, 1.82) is 0 Å². The Balaban J connectivity index is 1.84. The molecule has 1 heterocycles. The Kier molecular flexibility index (Phi) is 7.67. The number of benzene rings is 1. The van der Waals surface area contributed by atoms with E-state index in [0.29, 0.717) is 6.54 Å². The van der Waals surface area contributed by atoms with Crippen LogP contribution in [0.4, 0.5) is 0 Å². The molecule has 1 aromatic carbocycles. The molecule has 0 saturated heterocycles. The lowest BCUT2D eigenvalue weighted by molar-refractivity contribution is 0.785. The van der Waals surface area contributed by atoms with Gasteiger partial charge in [-0.1, -0.05) is 36.4 Å². The number of hydrogen-bond acceptors (Lipinski definition) is 5. The number of aliphatic imine (C=N–C) groups is 2. The van der Waals surface area contributed by atoms with Crippen molar-refractivity contribution in [3.05, 3.63) is 81.1 Å². The van der Waals surface area contributed by atoms with E-state index >= 15 is 0 Å². The van der Waals surface area contributed by atoms with Gasteiger partial charge < -0.3 is 10.6 Å². The molecule has 2 aliphatic rings. The van der Waals surface area contributed by atoms with Gasteiger partial charge in [0.2, 0.25) is 0 Å². The maximum absolute atomic E-state index is 4.90. The molecule has 1 aliphatic heterocycles. The lowest BCUT2D eigenvalue weighted by Crippen LogP contribution is -2.18. The summed E-state index contributed by atoms with van der Waals surface area (Å²) in [6, 6.07) is 8.67. The van der Waals surface area contributed by atoms with Crippen molar-refractivity contribution >= 4 is 24.6 Å². The van der Waals surface area contributed by atoms with Gasteiger partial charge in [-0.05, 0) is 62.1 Å². The second-order valence-electron chi connectivity index (χ2n) is 7.41. The van der Waals surface area contributed by atoms with E-state index in [1.54, 1.807) is 6.21 Å². The van der Waals surface area contributed by atoms with Gasteiger partial charge in [0.15, 0.2) is 0 Å². The van der Waals surface area contributed by atoms with Crippen molar-refractivity contribution < 1.29 is 0 Å². The Morgan fingerprint density at radius 1 is 1.07 bits per heavy atom. The van der Waals surface area contributed by atoms with Crippen LogP contribution in [0.5, 0.6) is 0 Å². The van der Waals surface area contributed by atoms with Crippen molar-refractivity contribution in [1.82, 2.24) is 10.6 Å². The molecule has 0 atom stereocenters. The van der Waals surface area contributed by atoms with Crippen LogP contribution in [0, 0.1) is 0 Å². The van der Waals surface area contributed by atoms with E-state index in [9.17, 15) is 0 Å². The van der Waals surface area contributed by atoms with Crippen molar-refractivity contribution in [2.45, 2.75) is 39.8 Å². The summed E-state index contributed by atoms with van der Waals surface area (Å²) in [5.74, 6) is 0. The highest BCUT2D eigenvalue weighted by molar-refractivity contribution is 7.85. The molecule has 0 saturated carbocycles. The molecule has 4 nitrogen and oxygen atoms in total. The smallest absolute Gasteiger partial charge is 0.0787 e. The molecule has 0 amide bonds. The summed E-state index contributed by atoms with van der Waals surface area (Å²) in [6.45, 7) is 6.37. The third kappa shape index (κ3) is 6.05. The standard InChI is InChI=1S/C24H30N4S/c1-17-6-4-5-7-22(17)23-12-21(15-26-16-24(29)18(2)28-23)27-14-20-10-8-19(9-11-20)13-25-3/h4,6,8-12,16,25,27,29H,5,7,13-15H2,1-3H3/b21-12+,24-18-,26-16?,28-23+. The van der Waals surface area contributed by atoms with Crippen molar-refractivity contribution in [3.63, 3.8) is 0 Å². The van der Waals surface area contributed by atoms with Crippen molar-refractivity contribution in [3.8, 4) is 0 Å². The van der Waals surface area contributed by atoms with Crippen LogP contribution < -0.4 is 10.6 Å². The van der Waals surface area contributed by atoms with Crippen LogP contribution in [0.2, 0.25) is 0 Å². The van der Waals surface area contributed by atoms with Gasteiger partial charge in [-0.2, -0.15) is 0 Å². The van der Waals surface area contributed by atoms with Gasteiger partial charge in [-0.15, -0.1) is 12.6 Å². The molecule has 1 aliphatic carbocycles. The molecular formula is C24H30N4S. The largest absolute Gasteiger partial charge is 0.383 e. The SMILES string of the molecule is CNCc1ccc(CN/C2=C/C(C3=C(C)C=CCC3)=N\C(C)=C(/S)C=NC2)cc1. The summed E-state index contributed by atoms with van der Waals surface area (Å²) in [6.07, 6.45) is 10.4. The minimum atomic E-state index is 0.580. The highest BCUT2D eigenvalue weighted by atomic mass is 32.1. The van der Waals surface area contributed by atoms with Gasteiger partial charge in [-0.3, -0.25) is 9.98 Å². The average molecular weight is 407 g/mol. The zero-order chi connectivity index (χ0) is 20.6. The fourth-order valence-electron chi connectivity index (χ4n) is 3.38. The van der Waals surface area contributed by atoms with E-state index < -0.39 is 0 Å². The molecule has 0 spiro atoms. The van der Waals surface area contributed by atoms with Gasteiger partial charge >= 0.3 is 0 Å². The summed E-state index contributed by atoms with van der Waals surface area (Å²) in [7, 11) is 1.96. The van der Waals surface area contributed by atoms with Gasteiger partial charge in [0.05, 0.1) is 18.0 Å². The molecule has 0 radical (unpaired) electrons. The van der Waals surface area contributed by atoms with E-state index in [1.807, 2.05) is 14.0 Å². The number of thiol groups is 1. The Bertz CT molecular complexity index is 915. The Morgan fingerprint density at radius 3 is 2.48 bits per heavy atom. The normalized spacial score (nSPS) is 23.6. The Labute approximate surface area is 179 Å². The minimum Gasteiger partial charge on any atom is -0.383 e. The summed E-state index contributed by atoms with van der Waals surface area (Å²) in [4.78, 5) is 10.3. The van der Waals surface area contributed by atoms with Crippen LogP contribution in [0.15, 0.2) is 79.9 Å². The second kappa shape index (κ2) is 10.4. The molecule has 152 valence electrons. The number of hydrogen-bond donors (Lipinski definition) is 3. The number of nitrogens with zero attached hydrogens (tertiary/aromatic N) is 2. The lowest BCUT2D eigenvalue weighted by Gasteiger charge is -2.16. The fourth-order valence-corrected chi connectivity index (χ4v) is 3.51. The van der Waals surface area contributed by atoms with Crippen LogP contribution in [-0.2, 0) is 13.1 Å². The van der Waals surface area contributed by atoms with E-state index in [4.69, 9.17) is 4.99 Å². The predicted octanol–water partition coefficient (Wildman–Crippen LogP) is 4.73. The van der Waals surface area contributed by atoms with Gasteiger partial charge in [0, 0.05) is 29.9 Å². The second-order valence-corrected chi connectivity index (χ2v) is 7.89. The van der Waals surface area contributed by atoms with Crippen molar-refractivity contribution in [2.24, 2.45) is 9.98 Å². The quantitative estimate of drug-likeness (QED) is 0.598. The Hall–Kier alpha value is -2.37. The zero-order valence-electron chi connectivity index (χ0n) is 17.5. The molecule has 29 heavy (non-hydrogen) atoms. The van der Waals surface area contributed by atoms with Crippen LogP contribution in [0.3, 0.4) is 0 Å². The summed E-state index contributed by atoms with van der Waals surface area (Å²) < 4.78 is 0. The van der Waals surface area contributed by atoms with E-state index in [2.05, 4.69) is 77.7 Å².